The number of amides is 1. The smallest absolute Gasteiger partial charge is 0.327 e. The summed E-state index contributed by atoms with van der Waals surface area (Å²) in [5, 5.41) is 10.7. The minimum atomic E-state index is -2.91. The molecule has 15 heavy (non-hydrogen) atoms. The second-order valence-corrected chi connectivity index (χ2v) is 4.79. The Morgan fingerprint density at radius 2 is 2.13 bits per heavy atom. The Hall–Kier alpha value is -0.100. The van der Waals surface area contributed by atoms with E-state index in [0.29, 0.717) is 0 Å². The van der Waals surface area contributed by atoms with Gasteiger partial charge in [-0.1, -0.05) is 34.8 Å². The quantitative estimate of drug-likeness (QED) is 0.815. The molecule has 1 amide bonds. The Bertz CT molecular complexity index is 371. The predicted molar refractivity (Wildman–Crippen MR) is 62.3 cm³/mol. The highest BCUT2D eigenvalue weighted by molar-refractivity contribution is 8.04. The van der Waals surface area contributed by atoms with E-state index in [4.69, 9.17) is 44.0 Å². The fraction of sp³-hybridized carbons (Fsp3) is 0.429. The van der Waals surface area contributed by atoms with Gasteiger partial charge in [0.25, 0.3) is 0 Å². The van der Waals surface area contributed by atoms with Crippen molar-refractivity contribution >= 4 is 58.4 Å². The summed E-state index contributed by atoms with van der Waals surface area (Å²) < 4.78 is 20.1. The number of carboxylic acids is 1. The van der Waals surface area contributed by atoms with Crippen molar-refractivity contribution in [3.8, 4) is 0 Å². The Morgan fingerprint density at radius 3 is 2.53 bits per heavy atom. The number of hydrogen-bond donors (Lipinski definition) is 2. The molecule has 0 spiro atoms. The molecule has 0 fully saturated rings. The van der Waals surface area contributed by atoms with Crippen LogP contribution in [0.4, 0.5) is 0 Å². The minimum Gasteiger partial charge on any atom is -0.480 e. The largest absolute Gasteiger partial charge is 0.480 e. The van der Waals surface area contributed by atoms with Gasteiger partial charge in [-0.25, -0.2) is 4.79 Å². The number of carbonyl (C=O) groups excluding carboxylic acids is 1. The van der Waals surface area contributed by atoms with Gasteiger partial charge in [0, 0.05) is 16.7 Å². The zero-order valence-corrected chi connectivity index (χ0v) is 10.2. The van der Waals surface area contributed by atoms with Crippen LogP contribution in [0.5, 0.6) is 0 Å². The zero-order chi connectivity index (χ0) is 14.5. The van der Waals surface area contributed by atoms with E-state index in [1.165, 1.54) is 0 Å². The Balaban J connectivity index is 4.57. The highest BCUT2D eigenvalue weighted by Gasteiger charge is 2.19. The average Bonchev–Trinajstić information content (AvgIpc) is 2.21. The fourth-order valence-electron chi connectivity index (χ4n) is 0.544. The lowest BCUT2D eigenvalue weighted by atomic mass is 10.3. The molecule has 0 rings (SSSR count). The summed E-state index contributed by atoms with van der Waals surface area (Å²) in [5.74, 6) is -2.96. The first-order valence-corrected chi connectivity index (χ1v) is 5.55. The first kappa shape index (κ1) is 10.1. The van der Waals surface area contributed by atoms with Gasteiger partial charge < -0.3 is 10.4 Å². The molecule has 0 aromatic carbocycles. The molecule has 1 atom stereocenters. The SMILES string of the molecule is [2H]C([2H])([2H])C(=O)N[C@@H](CSC(Cl)=C(Cl)Cl)C(=O)O. The minimum absolute atomic E-state index is 0.0484. The van der Waals surface area contributed by atoms with E-state index in [2.05, 4.69) is 0 Å². The van der Waals surface area contributed by atoms with Crippen LogP contribution in [0.25, 0.3) is 0 Å². The van der Waals surface area contributed by atoms with E-state index in [9.17, 15) is 9.59 Å². The highest BCUT2D eigenvalue weighted by Crippen LogP contribution is 2.28. The number of carboxylic acid groups (broad SMARTS) is 1. The lowest BCUT2D eigenvalue weighted by Gasteiger charge is -2.11. The number of halogens is 3. The van der Waals surface area contributed by atoms with Gasteiger partial charge in [0.15, 0.2) is 0 Å². The predicted octanol–water partition coefficient (Wildman–Crippen LogP) is 2.15. The van der Waals surface area contributed by atoms with Gasteiger partial charge in [0.05, 0.1) is 0 Å². The summed E-state index contributed by atoms with van der Waals surface area (Å²) in [5.41, 5.74) is 0. The van der Waals surface area contributed by atoms with E-state index in [0.717, 1.165) is 11.8 Å². The standard InChI is InChI=1S/C7H8Cl3NO3S/c1-3(12)11-4(7(13)14)2-15-6(10)5(8)9/h4H,2H2,1H3,(H,11,12)(H,13,14)/t4-/m0/s1/i1D3. The number of thioether (sulfide) groups is 1. The molecule has 0 unspecified atom stereocenters. The third-order valence-electron chi connectivity index (χ3n) is 1.13. The zero-order valence-electron chi connectivity index (χ0n) is 10.1. The molecule has 0 bridgehead atoms. The maximum Gasteiger partial charge on any atom is 0.327 e. The van der Waals surface area contributed by atoms with Crippen molar-refractivity contribution in [2.45, 2.75) is 12.9 Å². The molecular formula is C7H8Cl3NO3S. The summed E-state index contributed by atoms with van der Waals surface area (Å²) in [6, 6.07) is -1.41. The molecule has 0 saturated carbocycles. The van der Waals surface area contributed by atoms with Crippen molar-refractivity contribution in [1.29, 1.82) is 0 Å². The van der Waals surface area contributed by atoms with Crippen LogP contribution in [0, 0.1) is 0 Å². The molecule has 0 aliphatic carbocycles. The van der Waals surface area contributed by atoms with Gasteiger partial charge >= 0.3 is 5.97 Å². The van der Waals surface area contributed by atoms with Gasteiger partial charge in [0.2, 0.25) is 5.91 Å². The van der Waals surface area contributed by atoms with Crippen LogP contribution in [-0.4, -0.2) is 28.8 Å². The number of hydrogen-bond acceptors (Lipinski definition) is 3. The maximum atomic E-state index is 11.1. The first-order chi connectivity index (χ1) is 8.05. The van der Waals surface area contributed by atoms with Crippen molar-refractivity contribution in [3.63, 3.8) is 0 Å². The van der Waals surface area contributed by atoms with E-state index in [1.807, 2.05) is 5.32 Å². The molecule has 0 aliphatic heterocycles. The molecule has 8 heteroatoms. The topological polar surface area (TPSA) is 66.4 Å². The molecule has 2 N–H and O–H groups in total. The van der Waals surface area contributed by atoms with Crippen molar-refractivity contribution < 1.29 is 18.8 Å². The van der Waals surface area contributed by atoms with Crippen LogP contribution < -0.4 is 5.32 Å². The summed E-state index contributed by atoms with van der Waals surface area (Å²) in [6.45, 7) is -2.91. The Kier molecular flexibility index (Phi) is 4.85. The molecule has 0 aromatic heterocycles. The molecule has 86 valence electrons. The van der Waals surface area contributed by atoms with Crippen molar-refractivity contribution in [2.24, 2.45) is 0 Å². The van der Waals surface area contributed by atoms with Crippen LogP contribution in [0.3, 0.4) is 0 Å². The molecule has 4 nitrogen and oxygen atoms in total. The summed E-state index contributed by atoms with van der Waals surface area (Å²) >= 11 is 17.0. The van der Waals surface area contributed by atoms with Gasteiger partial charge in [-0.2, -0.15) is 0 Å². The summed E-state index contributed by atoms with van der Waals surface area (Å²) in [4.78, 5) is 21.9. The van der Waals surface area contributed by atoms with Gasteiger partial charge in [0.1, 0.15) is 14.9 Å². The van der Waals surface area contributed by atoms with E-state index < -0.39 is 24.8 Å². The van der Waals surface area contributed by atoms with Crippen molar-refractivity contribution in [2.75, 3.05) is 5.75 Å². The molecular weight excluding hydrogens is 285 g/mol. The van der Waals surface area contributed by atoms with Gasteiger partial charge in [-0.05, 0) is 0 Å². The number of nitrogens with one attached hydrogen (secondary N) is 1. The van der Waals surface area contributed by atoms with E-state index >= 15 is 0 Å². The second-order valence-electron chi connectivity index (χ2n) is 2.21. The van der Waals surface area contributed by atoms with Gasteiger partial charge in [-0.15, -0.1) is 11.8 Å². The Morgan fingerprint density at radius 1 is 1.53 bits per heavy atom. The van der Waals surface area contributed by atoms with E-state index in [-0.39, 0.29) is 14.6 Å². The van der Waals surface area contributed by atoms with Crippen LogP contribution >= 0.6 is 46.6 Å². The van der Waals surface area contributed by atoms with Crippen LogP contribution in [0.15, 0.2) is 8.86 Å². The lowest BCUT2D eigenvalue weighted by Crippen LogP contribution is -2.41. The van der Waals surface area contributed by atoms with Crippen LogP contribution in [0.1, 0.15) is 11.0 Å². The van der Waals surface area contributed by atoms with Gasteiger partial charge in [-0.3, -0.25) is 4.79 Å². The third kappa shape index (κ3) is 6.89. The Labute approximate surface area is 110 Å². The van der Waals surface area contributed by atoms with E-state index in [1.54, 1.807) is 0 Å². The second kappa shape index (κ2) is 7.22. The first-order valence-electron chi connectivity index (χ1n) is 4.93. The molecule has 0 aliphatic rings. The molecule has 0 heterocycles. The normalized spacial score (nSPS) is 15.5. The van der Waals surface area contributed by atoms with Crippen LogP contribution in [0.2, 0.25) is 0 Å². The molecule has 0 radical (unpaired) electrons. The van der Waals surface area contributed by atoms with Crippen molar-refractivity contribution in [1.82, 2.24) is 5.32 Å². The lowest BCUT2D eigenvalue weighted by molar-refractivity contribution is -0.140. The van der Waals surface area contributed by atoms with Crippen molar-refractivity contribution in [3.05, 3.63) is 8.86 Å². The fourth-order valence-corrected chi connectivity index (χ4v) is 1.71. The average molecular weight is 296 g/mol. The number of rotatable bonds is 5. The van der Waals surface area contributed by atoms with Crippen LogP contribution in [-0.2, 0) is 9.59 Å². The maximum absolute atomic E-state index is 11.1. The summed E-state index contributed by atoms with van der Waals surface area (Å²) in [6.07, 6.45) is 0. The summed E-state index contributed by atoms with van der Waals surface area (Å²) in [7, 11) is 0. The third-order valence-corrected chi connectivity index (χ3v) is 3.40. The molecule has 0 saturated heterocycles. The molecule has 0 aromatic rings. The number of carbonyl (C=O) groups is 2. The number of aliphatic carboxylic acids is 1. The highest BCUT2D eigenvalue weighted by atomic mass is 35.5. The monoisotopic (exact) mass is 294 g/mol.